The molecule has 0 bridgehead atoms. The van der Waals surface area contributed by atoms with E-state index in [1.165, 1.54) is 18.2 Å². The maximum Gasteiger partial charge on any atom is 0.336 e. The zero-order valence-corrected chi connectivity index (χ0v) is 26.2. The molecule has 0 spiro atoms. The average Bonchev–Trinajstić information content (AvgIpc) is 3.03. The van der Waals surface area contributed by atoms with Gasteiger partial charge in [-0.25, -0.2) is 9.59 Å². The van der Waals surface area contributed by atoms with E-state index in [0.717, 1.165) is 11.1 Å². The molecule has 1 saturated heterocycles. The number of carbonyl (C=O) groups is 2. The molecule has 2 aliphatic rings. The summed E-state index contributed by atoms with van der Waals surface area (Å²) in [6, 6.07) is 13.7. The number of non-ortho nitro benzene ring substituents is 1. The molecule has 0 aliphatic carbocycles. The summed E-state index contributed by atoms with van der Waals surface area (Å²) < 4.78 is 16.4. The van der Waals surface area contributed by atoms with Crippen molar-refractivity contribution in [2.45, 2.75) is 45.7 Å². The Morgan fingerprint density at radius 2 is 1.78 bits per heavy atom. The third kappa shape index (κ3) is 7.48. The highest BCUT2D eigenvalue weighted by atomic mass is 16.6. The number of aliphatic hydroxyl groups is 1. The van der Waals surface area contributed by atoms with Crippen LogP contribution in [-0.4, -0.2) is 89.6 Å². The van der Waals surface area contributed by atoms with Gasteiger partial charge in [-0.1, -0.05) is 36.4 Å². The van der Waals surface area contributed by atoms with E-state index in [1.54, 1.807) is 51.2 Å². The first-order valence-electron chi connectivity index (χ1n) is 14.8. The number of benzene rings is 2. The number of ether oxygens (including phenoxy) is 3. The van der Waals surface area contributed by atoms with Gasteiger partial charge in [-0.15, -0.1) is 0 Å². The number of piperazine rings is 1. The van der Waals surface area contributed by atoms with Crippen molar-refractivity contribution in [3.05, 3.63) is 105 Å². The quantitative estimate of drug-likeness (QED) is 0.222. The molecule has 0 saturated carbocycles. The van der Waals surface area contributed by atoms with Gasteiger partial charge in [-0.3, -0.25) is 19.9 Å². The van der Waals surface area contributed by atoms with Crippen LogP contribution in [-0.2, 0) is 30.3 Å². The average molecular weight is 621 g/mol. The maximum absolute atomic E-state index is 13.5. The molecule has 1 fully saturated rings. The van der Waals surface area contributed by atoms with Crippen molar-refractivity contribution in [1.82, 2.24) is 14.7 Å². The summed E-state index contributed by atoms with van der Waals surface area (Å²) in [4.78, 5) is 43.4. The number of carbonyl (C=O) groups excluding carboxylic acids is 2. The van der Waals surface area contributed by atoms with E-state index in [9.17, 15) is 24.8 Å². The van der Waals surface area contributed by atoms with Crippen molar-refractivity contribution in [2.24, 2.45) is 0 Å². The van der Waals surface area contributed by atoms with Gasteiger partial charge in [0.1, 0.15) is 6.23 Å². The molecule has 45 heavy (non-hydrogen) atoms. The van der Waals surface area contributed by atoms with Crippen molar-refractivity contribution >= 4 is 23.7 Å². The Morgan fingerprint density at radius 1 is 1.07 bits per heavy atom. The van der Waals surface area contributed by atoms with Crippen LogP contribution in [0.15, 0.2) is 77.8 Å². The van der Waals surface area contributed by atoms with Crippen LogP contribution in [0.2, 0.25) is 0 Å². The van der Waals surface area contributed by atoms with Gasteiger partial charge < -0.3 is 24.2 Å². The number of hydrogen-bond donors (Lipinski definition) is 1. The molecule has 2 aliphatic heterocycles. The molecule has 12 nitrogen and oxygen atoms in total. The van der Waals surface area contributed by atoms with Crippen LogP contribution in [0.3, 0.4) is 0 Å². The first-order valence-corrected chi connectivity index (χ1v) is 14.8. The number of aliphatic hydroxyl groups excluding tert-OH is 1. The molecule has 3 unspecified atom stereocenters. The second kappa shape index (κ2) is 15.1. The third-order valence-corrected chi connectivity index (χ3v) is 7.97. The van der Waals surface area contributed by atoms with E-state index in [2.05, 4.69) is 4.90 Å². The molecule has 1 N–H and O–H groups in total. The highest BCUT2D eigenvalue weighted by Crippen LogP contribution is 2.41. The number of methoxy groups -OCH3 is 1. The predicted molar refractivity (Wildman–Crippen MR) is 167 cm³/mol. The third-order valence-electron chi connectivity index (χ3n) is 7.97. The standard InChI is InChI=1S/C33H40N4O8/c1-6-44-32(39)27-21-35(22(3)28(33(40)45-7-2)29(27)24-13-10-14-26(19-24)37(41)42)16-15-23-11-8-9-12-25(23)20-36-18-17-34(4)30(38)31(36)43-5/h8-16,19,21,29-31,38H,6-7,17-18,20H2,1-5H3/b16-15+. The van der Waals surface area contributed by atoms with Crippen LogP contribution in [0.5, 0.6) is 0 Å². The first kappa shape index (κ1) is 33.5. The van der Waals surface area contributed by atoms with E-state index in [-0.39, 0.29) is 30.0 Å². The normalized spacial score (nSPS) is 21.2. The molecule has 3 atom stereocenters. The smallest absolute Gasteiger partial charge is 0.336 e. The van der Waals surface area contributed by atoms with Crippen LogP contribution >= 0.6 is 0 Å². The number of nitrogens with zero attached hydrogens (tertiary/aromatic N) is 4. The number of hydrogen-bond acceptors (Lipinski definition) is 11. The Morgan fingerprint density at radius 3 is 2.47 bits per heavy atom. The van der Waals surface area contributed by atoms with Crippen molar-refractivity contribution in [3.63, 3.8) is 0 Å². The summed E-state index contributed by atoms with van der Waals surface area (Å²) in [5, 5.41) is 22.2. The topological polar surface area (TPSA) is 135 Å². The van der Waals surface area contributed by atoms with Gasteiger partial charge in [0.2, 0.25) is 0 Å². The summed E-state index contributed by atoms with van der Waals surface area (Å²) in [6.07, 6.45) is 3.96. The lowest BCUT2D eigenvalue weighted by Crippen LogP contribution is -2.58. The minimum absolute atomic E-state index is 0.0991. The van der Waals surface area contributed by atoms with E-state index < -0.39 is 35.2 Å². The minimum atomic E-state index is -0.949. The molecule has 4 rings (SSSR count). The molecule has 12 heteroatoms. The number of allylic oxidation sites excluding steroid dienone is 1. The molecular formula is C33H40N4O8. The highest BCUT2D eigenvalue weighted by Gasteiger charge is 2.38. The molecular weight excluding hydrogens is 580 g/mol. The Hall–Kier alpha value is -4.36. The van der Waals surface area contributed by atoms with E-state index in [0.29, 0.717) is 30.9 Å². The van der Waals surface area contributed by atoms with Gasteiger partial charge in [0.25, 0.3) is 5.69 Å². The van der Waals surface area contributed by atoms with E-state index in [4.69, 9.17) is 14.2 Å². The van der Waals surface area contributed by atoms with Gasteiger partial charge >= 0.3 is 11.9 Å². The molecule has 0 aromatic heterocycles. The SMILES string of the molecule is CCOC(=O)C1=CN(/C=C/c2ccccc2CN2CCN(C)C(O)C2OC)C(C)=C(C(=O)OCC)C1c1cccc([N+](=O)[O-])c1. The molecule has 2 heterocycles. The van der Waals surface area contributed by atoms with Gasteiger partial charge in [0.05, 0.1) is 35.2 Å². The molecule has 0 radical (unpaired) electrons. The largest absolute Gasteiger partial charge is 0.463 e. The fourth-order valence-corrected chi connectivity index (χ4v) is 5.61. The van der Waals surface area contributed by atoms with Crippen LogP contribution in [0, 0.1) is 10.1 Å². The van der Waals surface area contributed by atoms with Crippen molar-refractivity contribution in [3.8, 4) is 0 Å². The number of nitro groups is 1. The highest BCUT2D eigenvalue weighted by molar-refractivity contribution is 5.99. The van der Waals surface area contributed by atoms with Crippen molar-refractivity contribution in [2.75, 3.05) is 40.5 Å². The van der Waals surface area contributed by atoms with Crippen LogP contribution in [0.4, 0.5) is 5.69 Å². The number of likely N-dealkylation sites (N-methyl/N-ethyl adjacent to an activating group) is 1. The number of rotatable bonds is 11. The predicted octanol–water partition coefficient (Wildman–Crippen LogP) is 3.99. The Balaban J connectivity index is 1.76. The Kier molecular flexibility index (Phi) is 11.2. The van der Waals surface area contributed by atoms with Crippen LogP contribution in [0.25, 0.3) is 6.08 Å². The number of nitro benzene ring substituents is 1. The van der Waals surface area contributed by atoms with Crippen LogP contribution < -0.4 is 0 Å². The summed E-state index contributed by atoms with van der Waals surface area (Å²) in [7, 11) is 3.43. The second-order valence-electron chi connectivity index (χ2n) is 10.7. The lowest BCUT2D eigenvalue weighted by atomic mass is 9.81. The molecule has 0 amide bonds. The summed E-state index contributed by atoms with van der Waals surface area (Å²) in [5.74, 6) is -2.24. The van der Waals surface area contributed by atoms with Crippen molar-refractivity contribution < 1.29 is 33.8 Å². The zero-order chi connectivity index (χ0) is 32.7. The molecule has 2 aromatic rings. The molecule has 240 valence electrons. The summed E-state index contributed by atoms with van der Waals surface area (Å²) in [5.41, 5.74) is 2.90. The lowest BCUT2D eigenvalue weighted by molar-refractivity contribution is -0.384. The van der Waals surface area contributed by atoms with Crippen LogP contribution in [0.1, 0.15) is 43.4 Å². The summed E-state index contributed by atoms with van der Waals surface area (Å²) in [6.45, 7) is 7.20. The maximum atomic E-state index is 13.5. The number of esters is 2. The Bertz CT molecular complexity index is 1500. The Labute approximate surface area is 262 Å². The fraction of sp³-hybridized carbons (Fsp3) is 0.394. The van der Waals surface area contributed by atoms with Gasteiger partial charge in [0.15, 0.2) is 6.23 Å². The summed E-state index contributed by atoms with van der Waals surface area (Å²) >= 11 is 0. The van der Waals surface area contributed by atoms with Gasteiger partial charge in [0, 0.05) is 57.0 Å². The molecule has 2 aromatic carbocycles. The van der Waals surface area contributed by atoms with Gasteiger partial charge in [-0.05, 0) is 50.6 Å². The van der Waals surface area contributed by atoms with E-state index in [1.807, 2.05) is 42.3 Å². The van der Waals surface area contributed by atoms with Gasteiger partial charge in [-0.2, -0.15) is 0 Å². The minimum Gasteiger partial charge on any atom is -0.463 e. The zero-order valence-electron chi connectivity index (χ0n) is 26.2. The fourth-order valence-electron chi connectivity index (χ4n) is 5.61. The monoisotopic (exact) mass is 620 g/mol. The van der Waals surface area contributed by atoms with Crippen molar-refractivity contribution in [1.29, 1.82) is 0 Å². The first-order chi connectivity index (χ1) is 21.6. The lowest BCUT2D eigenvalue weighted by Gasteiger charge is -2.42. The second-order valence-corrected chi connectivity index (χ2v) is 10.7. The van der Waals surface area contributed by atoms with E-state index >= 15 is 0 Å².